The minimum absolute atomic E-state index is 0.0629. The first-order chi connectivity index (χ1) is 9.22. The van der Waals surface area contributed by atoms with Gasteiger partial charge in [0.15, 0.2) is 0 Å². The van der Waals surface area contributed by atoms with Gasteiger partial charge in [-0.25, -0.2) is 9.97 Å². The Morgan fingerprint density at radius 3 is 2.42 bits per heavy atom. The summed E-state index contributed by atoms with van der Waals surface area (Å²) in [7, 11) is 1.53. The highest BCUT2D eigenvalue weighted by Gasteiger charge is 2.12. The van der Waals surface area contributed by atoms with Crippen LogP contribution in [0.1, 0.15) is 17.2 Å². The third-order valence-corrected chi connectivity index (χ3v) is 3.04. The predicted octanol–water partition coefficient (Wildman–Crippen LogP) is 1.89. The van der Waals surface area contributed by atoms with Gasteiger partial charge in [-0.1, -0.05) is 23.7 Å². The second-order valence-electron chi connectivity index (χ2n) is 4.05. The van der Waals surface area contributed by atoms with Crippen LogP contribution < -0.4 is 16.0 Å². The lowest BCUT2D eigenvalue weighted by Gasteiger charge is -2.15. The molecule has 0 aliphatic heterocycles. The molecule has 0 spiro atoms. The summed E-state index contributed by atoms with van der Waals surface area (Å²) >= 11 is 5.86. The number of methoxy groups -OCH3 is 1. The van der Waals surface area contributed by atoms with Crippen molar-refractivity contribution in [2.45, 2.75) is 12.5 Å². The molecule has 1 unspecified atom stereocenters. The summed E-state index contributed by atoms with van der Waals surface area (Å²) < 4.78 is 4.93. The fourth-order valence-corrected chi connectivity index (χ4v) is 1.87. The third-order valence-electron chi connectivity index (χ3n) is 2.79. The van der Waals surface area contributed by atoms with Gasteiger partial charge in [0.2, 0.25) is 0 Å². The van der Waals surface area contributed by atoms with E-state index in [2.05, 4.69) is 15.4 Å². The highest BCUT2D eigenvalue weighted by atomic mass is 35.5. The van der Waals surface area contributed by atoms with Crippen molar-refractivity contribution in [2.24, 2.45) is 5.84 Å². The van der Waals surface area contributed by atoms with Crippen molar-refractivity contribution < 1.29 is 4.74 Å². The topological polar surface area (TPSA) is 73.1 Å². The molecular weight excluding hydrogens is 264 g/mol. The number of hydrogen-bond acceptors (Lipinski definition) is 5. The molecule has 1 aromatic carbocycles. The first-order valence-corrected chi connectivity index (χ1v) is 6.17. The van der Waals surface area contributed by atoms with Crippen LogP contribution in [0.3, 0.4) is 0 Å². The average Bonchev–Trinajstić information content (AvgIpc) is 2.47. The fourth-order valence-electron chi connectivity index (χ4n) is 1.74. The molecule has 0 fully saturated rings. The van der Waals surface area contributed by atoms with Crippen molar-refractivity contribution >= 4 is 11.6 Å². The predicted molar refractivity (Wildman–Crippen MR) is 73.8 cm³/mol. The molecule has 19 heavy (non-hydrogen) atoms. The van der Waals surface area contributed by atoms with Crippen molar-refractivity contribution in [2.75, 3.05) is 7.11 Å². The number of nitrogens with one attached hydrogen (secondary N) is 1. The largest absolute Gasteiger partial charge is 0.467 e. The Hall–Kier alpha value is -1.69. The van der Waals surface area contributed by atoms with Gasteiger partial charge in [0.05, 0.1) is 13.2 Å². The van der Waals surface area contributed by atoms with E-state index in [0.29, 0.717) is 11.0 Å². The van der Waals surface area contributed by atoms with E-state index >= 15 is 0 Å². The van der Waals surface area contributed by atoms with Gasteiger partial charge in [-0.3, -0.25) is 11.3 Å². The molecular formula is C13H15ClN4O. The molecule has 2 rings (SSSR count). The van der Waals surface area contributed by atoms with Gasteiger partial charge in [0, 0.05) is 23.0 Å². The maximum Gasteiger partial charge on any atom is 0.316 e. The van der Waals surface area contributed by atoms with Gasteiger partial charge < -0.3 is 4.74 Å². The van der Waals surface area contributed by atoms with E-state index in [9.17, 15) is 0 Å². The highest BCUT2D eigenvalue weighted by molar-refractivity contribution is 6.30. The van der Waals surface area contributed by atoms with E-state index in [0.717, 1.165) is 17.5 Å². The van der Waals surface area contributed by atoms with Crippen molar-refractivity contribution in [3.63, 3.8) is 0 Å². The summed E-state index contributed by atoms with van der Waals surface area (Å²) in [6.45, 7) is 0. The number of aromatic nitrogens is 2. The molecule has 1 aromatic heterocycles. The molecule has 0 bridgehead atoms. The van der Waals surface area contributed by atoms with Gasteiger partial charge in [-0.05, 0) is 24.1 Å². The SMILES string of the molecule is COc1ncc(C(Cc2ccc(Cl)cc2)NN)cn1. The molecule has 2 aromatic rings. The van der Waals surface area contributed by atoms with E-state index in [1.54, 1.807) is 12.4 Å². The van der Waals surface area contributed by atoms with Gasteiger partial charge in [0.25, 0.3) is 0 Å². The van der Waals surface area contributed by atoms with Gasteiger partial charge in [-0.2, -0.15) is 0 Å². The van der Waals surface area contributed by atoms with E-state index in [4.69, 9.17) is 22.2 Å². The Morgan fingerprint density at radius 2 is 1.89 bits per heavy atom. The lowest BCUT2D eigenvalue weighted by atomic mass is 10.0. The van der Waals surface area contributed by atoms with Crippen LogP contribution in [0.25, 0.3) is 0 Å². The second-order valence-corrected chi connectivity index (χ2v) is 4.49. The van der Waals surface area contributed by atoms with Gasteiger partial charge in [-0.15, -0.1) is 0 Å². The minimum atomic E-state index is -0.0629. The van der Waals surface area contributed by atoms with E-state index in [-0.39, 0.29) is 6.04 Å². The molecule has 0 saturated heterocycles. The number of hydrazine groups is 1. The maximum absolute atomic E-state index is 5.86. The van der Waals surface area contributed by atoms with Crippen LogP contribution >= 0.6 is 11.6 Å². The Kier molecular flexibility index (Phi) is 4.68. The lowest BCUT2D eigenvalue weighted by molar-refractivity contribution is 0.378. The molecule has 5 nitrogen and oxygen atoms in total. The smallest absolute Gasteiger partial charge is 0.316 e. The molecule has 0 amide bonds. The second kappa shape index (κ2) is 6.47. The van der Waals surface area contributed by atoms with Crippen LogP contribution in [0.5, 0.6) is 6.01 Å². The zero-order valence-corrected chi connectivity index (χ0v) is 11.3. The summed E-state index contributed by atoms with van der Waals surface area (Å²) in [5.41, 5.74) is 4.79. The van der Waals surface area contributed by atoms with Crippen LogP contribution in [-0.2, 0) is 6.42 Å². The number of rotatable bonds is 5. The first kappa shape index (κ1) is 13.7. The number of halogens is 1. The van der Waals surface area contributed by atoms with E-state index in [1.165, 1.54) is 7.11 Å². The van der Waals surface area contributed by atoms with E-state index < -0.39 is 0 Å². The standard InChI is InChI=1S/C13H15ClN4O/c1-19-13-16-7-10(8-17-13)12(18-15)6-9-2-4-11(14)5-3-9/h2-5,7-8,12,18H,6,15H2,1H3. The van der Waals surface area contributed by atoms with Crippen molar-refractivity contribution in [1.82, 2.24) is 15.4 Å². The molecule has 0 radical (unpaired) electrons. The molecule has 1 atom stereocenters. The van der Waals surface area contributed by atoms with Crippen molar-refractivity contribution in [3.8, 4) is 6.01 Å². The Morgan fingerprint density at radius 1 is 1.26 bits per heavy atom. The molecule has 6 heteroatoms. The number of benzene rings is 1. The maximum atomic E-state index is 5.86. The van der Waals surface area contributed by atoms with Crippen LogP contribution in [0, 0.1) is 0 Å². The molecule has 0 aliphatic rings. The van der Waals surface area contributed by atoms with E-state index in [1.807, 2.05) is 24.3 Å². The van der Waals surface area contributed by atoms with Crippen LogP contribution in [-0.4, -0.2) is 17.1 Å². The number of hydrogen-bond donors (Lipinski definition) is 2. The normalized spacial score (nSPS) is 12.2. The highest BCUT2D eigenvalue weighted by Crippen LogP contribution is 2.18. The molecule has 0 saturated carbocycles. The van der Waals surface area contributed by atoms with Crippen molar-refractivity contribution in [3.05, 3.63) is 52.8 Å². The van der Waals surface area contributed by atoms with Crippen LogP contribution in [0.2, 0.25) is 5.02 Å². The first-order valence-electron chi connectivity index (χ1n) is 5.79. The Bertz CT molecular complexity index is 515. The zero-order valence-electron chi connectivity index (χ0n) is 10.5. The summed E-state index contributed by atoms with van der Waals surface area (Å²) in [4.78, 5) is 8.14. The summed E-state index contributed by atoms with van der Waals surface area (Å²) in [6.07, 6.45) is 4.13. The van der Waals surface area contributed by atoms with Crippen LogP contribution in [0.15, 0.2) is 36.7 Å². The zero-order chi connectivity index (χ0) is 13.7. The van der Waals surface area contributed by atoms with Gasteiger partial charge in [0.1, 0.15) is 0 Å². The lowest BCUT2D eigenvalue weighted by Crippen LogP contribution is -2.29. The average molecular weight is 279 g/mol. The summed E-state index contributed by atoms with van der Waals surface area (Å²) in [5.74, 6) is 5.59. The van der Waals surface area contributed by atoms with Gasteiger partial charge >= 0.3 is 6.01 Å². The number of nitrogens with zero attached hydrogens (tertiary/aromatic N) is 2. The summed E-state index contributed by atoms with van der Waals surface area (Å²) in [6, 6.07) is 7.93. The molecule has 0 aliphatic carbocycles. The Balaban J connectivity index is 2.12. The monoisotopic (exact) mass is 278 g/mol. The molecule has 3 N–H and O–H groups in total. The fraction of sp³-hybridized carbons (Fsp3) is 0.231. The third kappa shape index (κ3) is 3.64. The number of ether oxygens (including phenoxy) is 1. The molecule has 1 heterocycles. The minimum Gasteiger partial charge on any atom is -0.467 e. The Labute approximate surface area is 116 Å². The number of nitrogens with two attached hydrogens (primary N) is 1. The summed E-state index contributed by atoms with van der Waals surface area (Å²) in [5, 5.41) is 0.716. The quantitative estimate of drug-likeness (QED) is 0.645. The van der Waals surface area contributed by atoms with Crippen LogP contribution in [0.4, 0.5) is 0 Å². The van der Waals surface area contributed by atoms with Crippen molar-refractivity contribution in [1.29, 1.82) is 0 Å². The molecule has 100 valence electrons.